The first kappa shape index (κ1) is 16.3. The van der Waals surface area contributed by atoms with Crippen molar-refractivity contribution in [1.29, 1.82) is 0 Å². The van der Waals surface area contributed by atoms with E-state index in [0.717, 1.165) is 34.6 Å². The molecule has 0 unspecified atom stereocenters. The average molecular weight is 383 g/mol. The van der Waals surface area contributed by atoms with Crippen molar-refractivity contribution in [3.8, 4) is 0 Å². The first-order valence-corrected chi connectivity index (χ1v) is 9.75. The lowest BCUT2D eigenvalue weighted by atomic mass is 9.86. The second kappa shape index (κ2) is 6.08. The summed E-state index contributed by atoms with van der Waals surface area (Å²) in [6.07, 6.45) is 8.90. The zero-order chi connectivity index (χ0) is 18.5. The molecule has 0 radical (unpaired) electrons. The summed E-state index contributed by atoms with van der Waals surface area (Å²) in [5.41, 5.74) is 2.13. The van der Waals surface area contributed by atoms with Crippen LogP contribution in [0.1, 0.15) is 36.0 Å². The highest BCUT2D eigenvalue weighted by Crippen LogP contribution is 2.39. The Kier molecular flexibility index (Phi) is 3.67. The summed E-state index contributed by atoms with van der Waals surface area (Å²) in [6.45, 7) is 2.53. The maximum Gasteiger partial charge on any atom is 0.307 e. The van der Waals surface area contributed by atoms with E-state index >= 15 is 0 Å². The Hall–Kier alpha value is -2.88. The molecular weight excluding hydrogens is 366 g/mol. The van der Waals surface area contributed by atoms with Gasteiger partial charge in [0.05, 0.1) is 10.3 Å². The van der Waals surface area contributed by atoms with Gasteiger partial charge in [0, 0.05) is 4.88 Å². The number of fused-ring (bicyclic) bond motifs is 5. The molecule has 4 aromatic heterocycles. The van der Waals surface area contributed by atoms with E-state index in [0.29, 0.717) is 5.82 Å². The summed E-state index contributed by atoms with van der Waals surface area (Å²) >= 11 is 1.77. The number of aryl methyl sites for hydroxylation is 1. The predicted octanol–water partition coefficient (Wildman–Crippen LogP) is 3.01. The third-order valence-corrected chi connectivity index (χ3v) is 6.41. The fourth-order valence-corrected chi connectivity index (χ4v) is 5.08. The first-order valence-electron chi connectivity index (χ1n) is 8.93. The van der Waals surface area contributed by atoms with Crippen molar-refractivity contribution < 1.29 is 4.92 Å². The van der Waals surface area contributed by atoms with E-state index in [2.05, 4.69) is 22.1 Å². The van der Waals surface area contributed by atoms with Crippen molar-refractivity contribution in [3.05, 3.63) is 45.1 Å². The predicted molar refractivity (Wildman–Crippen MR) is 100.0 cm³/mol. The Bertz CT molecular complexity index is 1180. The lowest BCUT2D eigenvalue weighted by Crippen LogP contribution is -2.11. The minimum atomic E-state index is -0.463. The lowest BCUT2D eigenvalue weighted by Gasteiger charge is -2.20. The Morgan fingerprint density at radius 1 is 1.44 bits per heavy atom. The van der Waals surface area contributed by atoms with Crippen molar-refractivity contribution >= 4 is 32.9 Å². The fraction of sp³-hybridized carbons (Fsp3) is 0.412. The molecule has 9 nitrogen and oxygen atoms in total. The quantitative estimate of drug-likeness (QED) is 0.396. The highest BCUT2D eigenvalue weighted by atomic mass is 32.1. The Morgan fingerprint density at radius 3 is 3.11 bits per heavy atom. The van der Waals surface area contributed by atoms with Crippen LogP contribution in [-0.4, -0.2) is 34.3 Å². The molecule has 1 atom stereocenters. The molecule has 0 bridgehead atoms. The number of aromatic nitrogens is 6. The van der Waals surface area contributed by atoms with E-state index in [9.17, 15) is 10.1 Å². The molecule has 4 aromatic rings. The third-order valence-electron chi connectivity index (χ3n) is 5.24. The van der Waals surface area contributed by atoms with E-state index in [-0.39, 0.29) is 12.2 Å². The number of nitro groups is 1. The molecule has 0 spiro atoms. The molecule has 4 heterocycles. The van der Waals surface area contributed by atoms with Gasteiger partial charge in [-0.2, -0.15) is 5.10 Å². The van der Waals surface area contributed by atoms with Crippen LogP contribution in [0.2, 0.25) is 0 Å². The van der Waals surface area contributed by atoms with Gasteiger partial charge in [-0.1, -0.05) is 13.3 Å². The van der Waals surface area contributed by atoms with E-state index in [4.69, 9.17) is 4.98 Å². The van der Waals surface area contributed by atoms with E-state index in [1.165, 1.54) is 40.4 Å². The number of thiophene rings is 1. The van der Waals surface area contributed by atoms with Crippen LogP contribution in [0.25, 0.3) is 15.9 Å². The van der Waals surface area contributed by atoms with Gasteiger partial charge in [0.15, 0.2) is 11.5 Å². The van der Waals surface area contributed by atoms with Crippen LogP contribution < -0.4 is 0 Å². The van der Waals surface area contributed by atoms with Crippen LogP contribution >= 0.6 is 11.3 Å². The topological polar surface area (TPSA) is 104 Å². The van der Waals surface area contributed by atoms with Gasteiger partial charge in [-0.05, 0) is 30.7 Å². The van der Waals surface area contributed by atoms with Crippen LogP contribution in [0.15, 0.2) is 18.7 Å². The van der Waals surface area contributed by atoms with E-state index in [1.54, 1.807) is 22.2 Å². The standard InChI is InChI=1S/C17H17N7O2S/c1-2-10-3-4-12-13(5-10)27-17-15(12)16-20-14(21-23(16)9-18-17)8-22-7-11(6-19-22)24(25)26/h6-7,9-10H,2-5,8H2,1H3/t10-/m1/s1. The van der Waals surface area contributed by atoms with Crippen molar-refractivity contribution in [2.45, 2.75) is 39.2 Å². The summed E-state index contributed by atoms with van der Waals surface area (Å²) in [4.78, 5) is 22.1. The average Bonchev–Trinajstić information content (AvgIpc) is 3.36. The second-order valence-electron chi connectivity index (χ2n) is 6.90. The van der Waals surface area contributed by atoms with Crippen molar-refractivity contribution in [2.75, 3.05) is 0 Å². The molecule has 1 aliphatic carbocycles. The molecule has 0 fully saturated rings. The number of nitrogens with zero attached hydrogens (tertiary/aromatic N) is 7. The van der Waals surface area contributed by atoms with Crippen LogP contribution in [0.5, 0.6) is 0 Å². The lowest BCUT2D eigenvalue weighted by molar-refractivity contribution is -0.385. The maximum absolute atomic E-state index is 10.8. The maximum atomic E-state index is 10.8. The van der Waals surface area contributed by atoms with E-state index in [1.807, 2.05) is 0 Å². The summed E-state index contributed by atoms with van der Waals surface area (Å²) < 4.78 is 3.18. The van der Waals surface area contributed by atoms with Gasteiger partial charge >= 0.3 is 5.69 Å². The van der Waals surface area contributed by atoms with Gasteiger partial charge in [-0.15, -0.1) is 16.4 Å². The summed E-state index contributed by atoms with van der Waals surface area (Å²) in [7, 11) is 0. The molecule has 5 rings (SSSR count). The van der Waals surface area contributed by atoms with Gasteiger partial charge in [0.25, 0.3) is 0 Å². The van der Waals surface area contributed by atoms with Crippen LogP contribution in [0, 0.1) is 16.0 Å². The zero-order valence-corrected chi connectivity index (χ0v) is 15.5. The zero-order valence-electron chi connectivity index (χ0n) is 14.7. The highest BCUT2D eigenvalue weighted by molar-refractivity contribution is 7.19. The van der Waals surface area contributed by atoms with Crippen molar-refractivity contribution in [2.24, 2.45) is 5.92 Å². The molecular formula is C17H17N7O2S. The summed E-state index contributed by atoms with van der Waals surface area (Å²) in [5.74, 6) is 1.31. The Labute approximate surface area is 157 Å². The minimum absolute atomic E-state index is 0.0415. The smallest absolute Gasteiger partial charge is 0.258 e. The number of hydrogen-bond acceptors (Lipinski definition) is 7. The monoisotopic (exact) mass is 383 g/mol. The highest BCUT2D eigenvalue weighted by Gasteiger charge is 2.24. The number of rotatable bonds is 4. The van der Waals surface area contributed by atoms with Crippen molar-refractivity contribution in [3.63, 3.8) is 0 Å². The van der Waals surface area contributed by atoms with Gasteiger partial charge in [0.2, 0.25) is 0 Å². The normalized spacial score (nSPS) is 16.9. The van der Waals surface area contributed by atoms with E-state index < -0.39 is 4.92 Å². The minimum Gasteiger partial charge on any atom is -0.258 e. The van der Waals surface area contributed by atoms with Gasteiger partial charge in [-0.3, -0.25) is 14.8 Å². The van der Waals surface area contributed by atoms with Crippen LogP contribution in [-0.2, 0) is 19.4 Å². The first-order chi connectivity index (χ1) is 13.1. The molecule has 138 valence electrons. The molecule has 0 aromatic carbocycles. The van der Waals surface area contributed by atoms with Crippen LogP contribution in [0.3, 0.4) is 0 Å². The van der Waals surface area contributed by atoms with Gasteiger partial charge < -0.3 is 0 Å². The molecule has 0 saturated carbocycles. The Morgan fingerprint density at radius 2 is 2.33 bits per heavy atom. The van der Waals surface area contributed by atoms with Gasteiger partial charge in [0.1, 0.15) is 30.1 Å². The third kappa shape index (κ3) is 2.67. The summed E-state index contributed by atoms with van der Waals surface area (Å²) in [6, 6.07) is 0. The van der Waals surface area contributed by atoms with Crippen molar-refractivity contribution in [1.82, 2.24) is 29.4 Å². The largest absolute Gasteiger partial charge is 0.307 e. The molecule has 0 amide bonds. The van der Waals surface area contributed by atoms with Crippen LogP contribution in [0.4, 0.5) is 5.69 Å². The SMILES string of the molecule is CC[C@@H]1CCc2c(sc3ncn4nc(Cn5cc([N+](=O)[O-])cn5)nc4c23)C1. The molecule has 27 heavy (non-hydrogen) atoms. The summed E-state index contributed by atoms with van der Waals surface area (Å²) in [5, 5.41) is 20.4. The van der Waals surface area contributed by atoms with Gasteiger partial charge in [-0.25, -0.2) is 14.5 Å². The molecule has 0 aliphatic heterocycles. The fourth-order valence-electron chi connectivity index (χ4n) is 3.78. The number of hydrogen-bond donors (Lipinski definition) is 0. The second-order valence-corrected chi connectivity index (χ2v) is 7.98. The Balaban J connectivity index is 1.56. The molecule has 0 N–H and O–H groups in total. The molecule has 1 aliphatic rings. The molecule has 0 saturated heterocycles. The molecule has 10 heteroatoms.